The Labute approximate surface area is 74.8 Å². The van der Waals surface area contributed by atoms with Crippen LogP contribution in [0.5, 0.6) is 0 Å². The first-order valence-electron chi connectivity index (χ1n) is 4.93. The van der Waals surface area contributed by atoms with Crippen LogP contribution in [0.2, 0.25) is 0 Å². The van der Waals surface area contributed by atoms with Crippen molar-refractivity contribution in [2.45, 2.75) is 38.7 Å². The highest BCUT2D eigenvalue weighted by molar-refractivity contribution is 5.08. The minimum atomic E-state index is 0.280. The first-order chi connectivity index (χ1) is 5.64. The molecule has 1 saturated heterocycles. The van der Waals surface area contributed by atoms with E-state index in [1.807, 2.05) is 0 Å². The van der Waals surface area contributed by atoms with E-state index in [9.17, 15) is 0 Å². The largest absolute Gasteiger partial charge is 0.369 e. The van der Waals surface area contributed by atoms with E-state index in [2.05, 4.69) is 20.4 Å². The van der Waals surface area contributed by atoms with Crippen LogP contribution in [-0.4, -0.2) is 12.2 Å². The van der Waals surface area contributed by atoms with E-state index < -0.39 is 0 Å². The molecule has 1 heteroatoms. The average Bonchev–Trinajstić information content (AvgIpc) is 2.76. The van der Waals surface area contributed by atoms with Gasteiger partial charge in [-0.3, -0.25) is 0 Å². The van der Waals surface area contributed by atoms with Crippen molar-refractivity contribution in [2.24, 2.45) is 11.8 Å². The Hall–Kier alpha value is -0.300. The van der Waals surface area contributed by atoms with Crippen LogP contribution in [0.3, 0.4) is 0 Å². The fraction of sp³-hybridized carbons (Fsp3) is 0.818. The van der Waals surface area contributed by atoms with Gasteiger partial charge >= 0.3 is 0 Å². The standard InChI is InChI=1S/C11H18O/c1-8(2)10-5-4-9(3)11(6-10)7-12-11/h9-10H,1,4-7H2,2-3H3/t9?,10-,11?/m1/s1. The second kappa shape index (κ2) is 2.59. The molecule has 1 spiro atoms. The van der Waals surface area contributed by atoms with E-state index in [0.717, 1.165) is 18.4 Å². The number of rotatable bonds is 1. The van der Waals surface area contributed by atoms with Gasteiger partial charge in [-0.05, 0) is 38.0 Å². The predicted octanol–water partition coefficient (Wildman–Crippen LogP) is 2.77. The summed E-state index contributed by atoms with van der Waals surface area (Å²) in [5, 5.41) is 0. The Bertz CT molecular complexity index is 203. The van der Waals surface area contributed by atoms with Crippen LogP contribution >= 0.6 is 0 Å². The number of hydrogen-bond acceptors (Lipinski definition) is 1. The first kappa shape index (κ1) is 8.31. The van der Waals surface area contributed by atoms with Gasteiger partial charge < -0.3 is 4.74 Å². The molecule has 0 radical (unpaired) electrons. The van der Waals surface area contributed by atoms with Crippen molar-refractivity contribution < 1.29 is 4.74 Å². The van der Waals surface area contributed by atoms with Crippen molar-refractivity contribution in [3.05, 3.63) is 12.2 Å². The highest BCUT2D eigenvalue weighted by Gasteiger charge is 2.52. The summed E-state index contributed by atoms with van der Waals surface area (Å²) in [4.78, 5) is 0. The van der Waals surface area contributed by atoms with Crippen molar-refractivity contribution >= 4 is 0 Å². The molecule has 1 aliphatic carbocycles. The first-order valence-corrected chi connectivity index (χ1v) is 4.93. The summed E-state index contributed by atoms with van der Waals surface area (Å²) in [5.41, 5.74) is 1.62. The van der Waals surface area contributed by atoms with Gasteiger partial charge in [-0.2, -0.15) is 0 Å². The second-order valence-corrected chi connectivity index (χ2v) is 4.58. The maximum Gasteiger partial charge on any atom is 0.0947 e. The fourth-order valence-electron chi connectivity index (χ4n) is 2.35. The Kier molecular flexibility index (Phi) is 1.80. The maximum atomic E-state index is 5.59. The van der Waals surface area contributed by atoms with Crippen LogP contribution in [0, 0.1) is 11.8 Å². The van der Waals surface area contributed by atoms with Gasteiger partial charge in [0, 0.05) is 0 Å². The van der Waals surface area contributed by atoms with E-state index >= 15 is 0 Å². The van der Waals surface area contributed by atoms with Crippen LogP contribution < -0.4 is 0 Å². The lowest BCUT2D eigenvalue weighted by Gasteiger charge is -2.32. The molecule has 2 rings (SSSR count). The Morgan fingerprint density at radius 1 is 1.50 bits per heavy atom. The van der Waals surface area contributed by atoms with E-state index in [-0.39, 0.29) is 5.60 Å². The van der Waals surface area contributed by atoms with Crippen molar-refractivity contribution in [2.75, 3.05) is 6.61 Å². The molecule has 12 heavy (non-hydrogen) atoms. The zero-order chi connectivity index (χ0) is 8.77. The lowest BCUT2D eigenvalue weighted by molar-refractivity contribution is 0.144. The van der Waals surface area contributed by atoms with E-state index in [1.165, 1.54) is 24.8 Å². The van der Waals surface area contributed by atoms with Gasteiger partial charge in [-0.25, -0.2) is 0 Å². The van der Waals surface area contributed by atoms with Gasteiger partial charge in [0.2, 0.25) is 0 Å². The Balaban J connectivity index is 2.03. The predicted molar refractivity (Wildman–Crippen MR) is 50.0 cm³/mol. The van der Waals surface area contributed by atoms with E-state index in [0.29, 0.717) is 0 Å². The third-order valence-corrected chi connectivity index (χ3v) is 3.65. The summed E-state index contributed by atoms with van der Waals surface area (Å²) < 4.78 is 5.59. The maximum absolute atomic E-state index is 5.59. The molecule has 0 N–H and O–H groups in total. The Morgan fingerprint density at radius 3 is 2.67 bits per heavy atom. The second-order valence-electron chi connectivity index (χ2n) is 4.58. The quantitative estimate of drug-likeness (QED) is 0.431. The molecule has 3 atom stereocenters. The van der Waals surface area contributed by atoms with Crippen LogP contribution in [0.1, 0.15) is 33.1 Å². The summed E-state index contributed by atoms with van der Waals surface area (Å²) >= 11 is 0. The van der Waals surface area contributed by atoms with Gasteiger partial charge in [-0.1, -0.05) is 19.1 Å². The van der Waals surface area contributed by atoms with Crippen LogP contribution in [0.4, 0.5) is 0 Å². The lowest BCUT2D eigenvalue weighted by atomic mass is 9.73. The van der Waals surface area contributed by atoms with Crippen molar-refractivity contribution in [3.63, 3.8) is 0 Å². The third kappa shape index (κ3) is 1.20. The molecule has 2 aliphatic rings. The van der Waals surface area contributed by atoms with E-state index in [1.54, 1.807) is 0 Å². The summed E-state index contributed by atoms with van der Waals surface area (Å²) in [6.07, 6.45) is 3.86. The zero-order valence-electron chi connectivity index (χ0n) is 8.10. The molecule has 0 aromatic heterocycles. The molecule has 0 aromatic carbocycles. The molecule has 1 saturated carbocycles. The third-order valence-electron chi connectivity index (χ3n) is 3.65. The monoisotopic (exact) mass is 166 g/mol. The van der Waals surface area contributed by atoms with E-state index in [4.69, 9.17) is 4.74 Å². The molecule has 2 fully saturated rings. The smallest absolute Gasteiger partial charge is 0.0947 e. The van der Waals surface area contributed by atoms with Crippen LogP contribution in [0.25, 0.3) is 0 Å². The van der Waals surface area contributed by atoms with Crippen molar-refractivity contribution in [3.8, 4) is 0 Å². The highest BCUT2D eigenvalue weighted by atomic mass is 16.6. The molecule has 2 unspecified atom stereocenters. The fourth-order valence-corrected chi connectivity index (χ4v) is 2.35. The summed E-state index contributed by atoms with van der Waals surface area (Å²) in [6.45, 7) is 9.51. The molecule has 68 valence electrons. The topological polar surface area (TPSA) is 12.5 Å². The number of hydrogen-bond donors (Lipinski definition) is 0. The number of epoxide rings is 1. The lowest BCUT2D eigenvalue weighted by Crippen LogP contribution is -2.31. The minimum absolute atomic E-state index is 0.280. The summed E-state index contributed by atoms with van der Waals surface area (Å²) in [5.74, 6) is 1.50. The van der Waals surface area contributed by atoms with Gasteiger partial charge in [0.05, 0.1) is 12.2 Å². The molecular formula is C11H18O. The molecule has 1 nitrogen and oxygen atoms in total. The average molecular weight is 166 g/mol. The molecule has 0 aromatic rings. The number of allylic oxidation sites excluding steroid dienone is 1. The van der Waals surface area contributed by atoms with Gasteiger partial charge in [0.1, 0.15) is 0 Å². The molecule has 0 bridgehead atoms. The number of ether oxygens (including phenoxy) is 1. The summed E-state index contributed by atoms with van der Waals surface area (Å²) in [6, 6.07) is 0. The molecular weight excluding hydrogens is 148 g/mol. The van der Waals surface area contributed by atoms with Crippen LogP contribution in [-0.2, 0) is 4.74 Å². The molecule has 1 aliphatic heterocycles. The zero-order valence-corrected chi connectivity index (χ0v) is 8.10. The minimum Gasteiger partial charge on any atom is -0.369 e. The SMILES string of the molecule is C=C(C)[C@@H]1CCC(C)C2(CO2)C1. The highest BCUT2D eigenvalue weighted by Crippen LogP contribution is 2.49. The van der Waals surface area contributed by atoms with Gasteiger partial charge in [-0.15, -0.1) is 0 Å². The molecule has 1 heterocycles. The van der Waals surface area contributed by atoms with Crippen LogP contribution in [0.15, 0.2) is 12.2 Å². The Morgan fingerprint density at radius 2 is 2.17 bits per heavy atom. The van der Waals surface area contributed by atoms with Crippen molar-refractivity contribution in [1.82, 2.24) is 0 Å². The molecule has 0 amide bonds. The van der Waals surface area contributed by atoms with Gasteiger partial charge in [0.15, 0.2) is 0 Å². The van der Waals surface area contributed by atoms with Crippen molar-refractivity contribution in [1.29, 1.82) is 0 Å². The normalized spacial score (nSPS) is 46.2. The summed E-state index contributed by atoms with van der Waals surface area (Å²) in [7, 11) is 0. The van der Waals surface area contributed by atoms with Gasteiger partial charge in [0.25, 0.3) is 0 Å².